The lowest BCUT2D eigenvalue weighted by atomic mass is 9.98. The number of phenolic OH excluding ortho intramolecular Hbond substituents is 1. The maximum atomic E-state index is 11.7. The molecule has 0 saturated carbocycles. The van der Waals surface area contributed by atoms with Crippen molar-refractivity contribution < 1.29 is 14.4 Å². The maximum Gasteiger partial charge on any atom is 0.336 e. The Balaban J connectivity index is 2.05. The van der Waals surface area contributed by atoms with Crippen LogP contribution in [0.4, 0.5) is 0 Å². The van der Waals surface area contributed by atoms with Crippen LogP contribution in [0, 0.1) is 6.92 Å². The summed E-state index contributed by atoms with van der Waals surface area (Å²) in [7, 11) is 0. The fraction of sp³-hybridized carbons (Fsp3) is 0.500. The molecule has 0 spiro atoms. The van der Waals surface area contributed by atoms with Gasteiger partial charge in [0.25, 0.3) is 0 Å². The molecule has 4 nitrogen and oxygen atoms in total. The Morgan fingerprint density at radius 3 is 2.95 bits per heavy atom. The predicted octanol–water partition coefficient (Wildman–Crippen LogP) is 2.15. The Bertz CT molecular complexity index is 735. The second kappa shape index (κ2) is 6.13. The van der Waals surface area contributed by atoms with E-state index < -0.39 is 0 Å². The average Bonchev–Trinajstić information content (AvgIpc) is 2.50. The number of aromatic hydroxyl groups is 1. The van der Waals surface area contributed by atoms with E-state index in [-0.39, 0.29) is 11.4 Å². The molecule has 2 atom stereocenters. The van der Waals surface area contributed by atoms with E-state index in [1.54, 1.807) is 6.07 Å². The number of piperidine rings is 1. The third kappa shape index (κ3) is 2.75. The first kappa shape index (κ1) is 15.1. The number of quaternary nitrogens is 1. The summed E-state index contributed by atoms with van der Waals surface area (Å²) in [5.41, 5.74) is 1.87. The molecule has 1 aromatic carbocycles. The molecule has 0 aliphatic carbocycles. The van der Waals surface area contributed by atoms with Crippen LogP contribution in [0.3, 0.4) is 0 Å². The summed E-state index contributed by atoms with van der Waals surface area (Å²) in [4.78, 5) is 13.2. The highest BCUT2D eigenvalue weighted by molar-refractivity contribution is 5.84. The molecule has 1 fully saturated rings. The van der Waals surface area contributed by atoms with Gasteiger partial charge in [0.05, 0.1) is 18.2 Å². The van der Waals surface area contributed by atoms with E-state index in [2.05, 4.69) is 6.92 Å². The summed E-state index contributed by atoms with van der Waals surface area (Å²) in [6, 6.07) is 5.68. The molecule has 1 aliphatic rings. The van der Waals surface area contributed by atoms with E-state index in [0.29, 0.717) is 18.2 Å². The maximum absolute atomic E-state index is 11.7. The Labute approximate surface area is 130 Å². The summed E-state index contributed by atoms with van der Waals surface area (Å²) in [6.45, 7) is 5.96. The smallest absolute Gasteiger partial charge is 0.336 e. The van der Waals surface area contributed by atoms with Crippen molar-refractivity contribution >= 4 is 11.0 Å². The van der Waals surface area contributed by atoms with Crippen LogP contribution in [-0.2, 0) is 6.54 Å². The first-order valence-electron chi connectivity index (χ1n) is 8.20. The van der Waals surface area contributed by atoms with Crippen LogP contribution < -0.4 is 10.5 Å². The molecule has 0 bridgehead atoms. The summed E-state index contributed by atoms with van der Waals surface area (Å²) >= 11 is 0. The van der Waals surface area contributed by atoms with E-state index in [1.165, 1.54) is 30.2 Å². The molecule has 1 unspecified atom stereocenters. The standard InChI is InChI=1S/C18H23NO3/c1-3-13-6-4-5-9-19(13)11-15-16(20)8-7-14-12(2)10-17(21)22-18(14)15/h7-8,10,13,20H,3-6,9,11H2,1-2H3/p+1/t13-/m0/s1. The fourth-order valence-electron chi connectivity index (χ4n) is 3.70. The number of fused-ring (bicyclic) bond motifs is 1. The molecule has 118 valence electrons. The zero-order chi connectivity index (χ0) is 15.7. The molecule has 1 aromatic heterocycles. The first-order valence-corrected chi connectivity index (χ1v) is 8.20. The summed E-state index contributed by atoms with van der Waals surface area (Å²) in [5, 5.41) is 11.2. The lowest BCUT2D eigenvalue weighted by Gasteiger charge is -2.32. The van der Waals surface area contributed by atoms with E-state index in [1.807, 2.05) is 13.0 Å². The highest BCUT2D eigenvalue weighted by Crippen LogP contribution is 2.27. The molecular weight excluding hydrogens is 278 g/mol. The third-order valence-corrected chi connectivity index (χ3v) is 4.97. The van der Waals surface area contributed by atoms with Gasteiger partial charge in [-0.15, -0.1) is 0 Å². The number of hydrogen-bond acceptors (Lipinski definition) is 3. The van der Waals surface area contributed by atoms with Crippen LogP contribution >= 0.6 is 0 Å². The molecule has 0 radical (unpaired) electrons. The van der Waals surface area contributed by atoms with Gasteiger partial charge in [-0.2, -0.15) is 0 Å². The van der Waals surface area contributed by atoms with Crippen LogP contribution in [0.2, 0.25) is 0 Å². The average molecular weight is 302 g/mol. The summed E-state index contributed by atoms with van der Waals surface area (Å²) < 4.78 is 5.44. The highest BCUT2D eigenvalue weighted by Gasteiger charge is 2.27. The largest absolute Gasteiger partial charge is 0.507 e. The quantitative estimate of drug-likeness (QED) is 0.854. The number of likely N-dealkylation sites (tertiary alicyclic amines) is 1. The van der Waals surface area contributed by atoms with Crippen molar-refractivity contribution in [3.8, 4) is 5.75 Å². The first-order chi connectivity index (χ1) is 10.6. The van der Waals surface area contributed by atoms with Crippen molar-refractivity contribution in [3.05, 3.63) is 39.7 Å². The number of aryl methyl sites for hydroxylation is 1. The van der Waals surface area contributed by atoms with Gasteiger partial charge in [-0.05, 0) is 50.3 Å². The van der Waals surface area contributed by atoms with E-state index in [4.69, 9.17) is 4.42 Å². The van der Waals surface area contributed by atoms with Crippen LogP contribution in [-0.4, -0.2) is 17.7 Å². The van der Waals surface area contributed by atoms with Crippen LogP contribution in [0.5, 0.6) is 5.75 Å². The minimum absolute atomic E-state index is 0.231. The summed E-state index contributed by atoms with van der Waals surface area (Å²) in [6.07, 6.45) is 4.89. The van der Waals surface area contributed by atoms with Gasteiger partial charge in [-0.1, -0.05) is 6.92 Å². The molecule has 1 saturated heterocycles. The third-order valence-electron chi connectivity index (χ3n) is 4.97. The number of hydrogen-bond donors (Lipinski definition) is 2. The molecule has 1 aliphatic heterocycles. The van der Waals surface area contributed by atoms with E-state index >= 15 is 0 Å². The Morgan fingerprint density at radius 2 is 2.18 bits per heavy atom. The normalized spacial score (nSPS) is 22.1. The topological polar surface area (TPSA) is 54.9 Å². The van der Waals surface area contributed by atoms with Gasteiger partial charge in [0, 0.05) is 11.5 Å². The van der Waals surface area contributed by atoms with Gasteiger partial charge in [0.15, 0.2) is 5.58 Å². The molecule has 0 amide bonds. The van der Waals surface area contributed by atoms with Crippen molar-refractivity contribution in [2.75, 3.05) is 6.54 Å². The van der Waals surface area contributed by atoms with Gasteiger partial charge in [-0.3, -0.25) is 0 Å². The van der Waals surface area contributed by atoms with Crippen molar-refractivity contribution in [2.45, 2.75) is 52.1 Å². The molecular formula is C18H24NO3+. The van der Waals surface area contributed by atoms with Gasteiger partial charge < -0.3 is 14.4 Å². The predicted molar refractivity (Wildman–Crippen MR) is 86.3 cm³/mol. The minimum Gasteiger partial charge on any atom is -0.507 e. The van der Waals surface area contributed by atoms with Crippen LogP contribution in [0.1, 0.15) is 43.7 Å². The SMILES string of the molecule is CC[C@H]1CCCC[NH+]1Cc1c(O)ccc2c(C)cc(=O)oc12. The zero-order valence-electron chi connectivity index (χ0n) is 13.3. The molecule has 2 heterocycles. The Hall–Kier alpha value is -1.81. The minimum atomic E-state index is -0.350. The Kier molecular flexibility index (Phi) is 4.21. The van der Waals surface area contributed by atoms with Crippen molar-refractivity contribution in [3.63, 3.8) is 0 Å². The van der Waals surface area contributed by atoms with Crippen molar-refractivity contribution in [1.29, 1.82) is 0 Å². The number of rotatable bonds is 3. The van der Waals surface area contributed by atoms with Crippen molar-refractivity contribution in [1.82, 2.24) is 0 Å². The van der Waals surface area contributed by atoms with Gasteiger partial charge in [0.2, 0.25) is 0 Å². The second-order valence-electron chi connectivity index (χ2n) is 6.37. The molecule has 2 N–H and O–H groups in total. The van der Waals surface area contributed by atoms with Gasteiger partial charge >= 0.3 is 5.63 Å². The van der Waals surface area contributed by atoms with Crippen molar-refractivity contribution in [2.24, 2.45) is 0 Å². The Morgan fingerprint density at radius 1 is 1.36 bits per heavy atom. The molecule has 22 heavy (non-hydrogen) atoms. The highest BCUT2D eigenvalue weighted by atomic mass is 16.4. The lowest BCUT2D eigenvalue weighted by molar-refractivity contribution is -0.944. The zero-order valence-corrected chi connectivity index (χ0v) is 13.3. The molecule has 4 heteroatoms. The van der Waals surface area contributed by atoms with Gasteiger partial charge in [-0.25, -0.2) is 4.79 Å². The fourth-order valence-corrected chi connectivity index (χ4v) is 3.70. The number of phenols is 1. The lowest BCUT2D eigenvalue weighted by Crippen LogP contribution is -3.15. The number of nitrogens with one attached hydrogen (secondary N) is 1. The second-order valence-corrected chi connectivity index (χ2v) is 6.37. The van der Waals surface area contributed by atoms with Gasteiger partial charge in [0.1, 0.15) is 12.3 Å². The van der Waals surface area contributed by atoms with E-state index in [9.17, 15) is 9.90 Å². The molecule has 2 aromatic rings. The van der Waals surface area contributed by atoms with Crippen LogP contribution in [0.25, 0.3) is 11.0 Å². The number of benzene rings is 1. The molecule has 3 rings (SSSR count). The monoisotopic (exact) mass is 302 g/mol. The van der Waals surface area contributed by atoms with E-state index in [0.717, 1.165) is 29.5 Å². The summed E-state index contributed by atoms with van der Waals surface area (Å²) in [5.74, 6) is 0.231. The van der Waals surface area contributed by atoms with Crippen LogP contribution in [0.15, 0.2) is 27.4 Å².